The summed E-state index contributed by atoms with van der Waals surface area (Å²) in [5.41, 5.74) is 1.23. The van der Waals surface area contributed by atoms with Crippen LogP contribution in [0.1, 0.15) is 12.0 Å². The molecule has 1 amide bonds. The highest BCUT2D eigenvalue weighted by Crippen LogP contribution is 2.24. The van der Waals surface area contributed by atoms with E-state index in [2.05, 4.69) is 17.0 Å². The summed E-state index contributed by atoms with van der Waals surface area (Å²) >= 11 is 0. The molecular formula is C21H26N2O4. The summed E-state index contributed by atoms with van der Waals surface area (Å²) in [6.07, 6.45) is 0.622. The van der Waals surface area contributed by atoms with Gasteiger partial charge in [-0.25, -0.2) is 0 Å². The van der Waals surface area contributed by atoms with Crippen LogP contribution in [-0.2, 0) is 11.3 Å². The SMILES string of the molecule is O=C(COc1ccccc1O)N1CCN(Cc2ccccc2)C(CCO)C1. The number of carbonyl (C=O) groups is 1. The van der Waals surface area contributed by atoms with Crippen molar-refractivity contribution in [2.24, 2.45) is 0 Å². The van der Waals surface area contributed by atoms with Crippen molar-refractivity contribution in [3.63, 3.8) is 0 Å². The third kappa shape index (κ3) is 5.21. The van der Waals surface area contributed by atoms with E-state index in [0.717, 1.165) is 13.1 Å². The number of aliphatic hydroxyl groups is 1. The minimum Gasteiger partial charge on any atom is -0.504 e. The Balaban J connectivity index is 1.56. The van der Waals surface area contributed by atoms with Gasteiger partial charge in [0.2, 0.25) is 0 Å². The molecule has 0 aromatic heterocycles. The van der Waals surface area contributed by atoms with Gasteiger partial charge >= 0.3 is 0 Å². The first-order chi connectivity index (χ1) is 13.2. The predicted octanol–water partition coefficient (Wildman–Crippen LogP) is 1.87. The number of para-hydroxylation sites is 2. The van der Waals surface area contributed by atoms with E-state index in [1.54, 1.807) is 23.1 Å². The molecule has 1 aliphatic rings. The summed E-state index contributed by atoms with van der Waals surface area (Å²) in [6, 6.07) is 16.9. The van der Waals surface area contributed by atoms with Gasteiger partial charge in [-0.2, -0.15) is 0 Å². The average molecular weight is 370 g/mol. The number of phenols is 1. The number of hydrogen-bond acceptors (Lipinski definition) is 5. The van der Waals surface area contributed by atoms with E-state index in [1.165, 1.54) is 11.6 Å². The Kier molecular flexibility index (Phi) is 6.68. The highest BCUT2D eigenvalue weighted by atomic mass is 16.5. The Bertz CT molecular complexity index is 738. The number of hydrogen-bond donors (Lipinski definition) is 2. The second kappa shape index (κ2) is 9.39. The molecule has 1 saturated heterocycles. The molecule has 1 fully saturated rings. The topological polar surface area (TPSA) is 73.2 Å². The van der Waals surface area contributed by atoms with E-state index in [-0.39, 0.29) is 30.9 Å². The van der Waals surface area contributed by atoms with Crippen molar-refractivity contribution in [2.45, 2.75) is 19.0 Å². The third-order valence-electron chi connectivity index (χ3n) is 4.86. The zero-order chi connectivity index (χ0) is 19.1. The van der Waals surface area contributed by atoms with E-state index in [4.69, 9.17) is 4.74 Å². The highest BCUT2D eigenvalue weighted by molar-refractivity contribution is 5.78. The molecule has 0 radical (unpaired) electrons. The maximum absolute atomic E-state index is 12.5. The Labute approximate surface area is 159 Å². The largest absolute Gasteiger partial charge is 0.504 e. The van der Waals surface area contributed by atoms with Crippen LogP contribution in [0.4, 0.5) is 0 Å². The summed E-state index contributed by atoms with van der Waals surface area (Å²) in [4.78, 5) is 16.6. The fourth-order valence-electron chi connectivity index (χ4n) is 3.38. The molecule has 0 bridgehead atoms. The van der Waals surface area contributed by atoms with Gasteiger partial charge in [0.05, 0.1) is 0 Å². The molecule has 2 N–H and O–H groups in total. The molecule has 144 valence electrons. The number of nitrogens with zero attached hydrogens (tertiary/aromatic N) is 2. The summed E-state index contributed by atoms with van der Waals surface area (Å²) in [6.45, 7) is 2.73. The molecule has 6 nitrogen and oxygen atoms in total. The van der Waals surface area contributed by atoms with Crippen molar-refractivity contribution in [1.29, 1.82) is 0 Å². The van der Waals surface area contributed by atoms with E-state index in [0.29, 0.717) is 25.3 Å². The first-order valence-electron chi connectivity index (χ1n) is 9.25. The van der Waals surface area contributed by atoms with Gasteiger partial charge < -0.3 is 19.8 Å². The number of benzene rings is 2. The molecule has 0 spiro atoms. The Hall–Kier alpha value is -2.57. The number of aliphatic hydroxyl groups excluding tert-OH is 1. The van der Waals surface area contributed by atoms with Gasteiger partial charge in [0.25, 0.3) is 5.91 Å². The average Bonchev–Trinajstić information content (AvgIpc) is 2.69. The van der Waals surface area contributed by atoms with Gasteiger partial charge in [0.1, 0.15) is 0 Å². The molecule has 1 aliphatic heterocycles. The lowest BCUT2D eigenvalue weighted by Crippen LogP contribution is -2.55. The van der Waals surface area contributed by atoms with Crippen LogP contribution in [0, 0.1) is 0 Å². The minimum atomic E-state index is -0.111. The molecule has 2 aromatic rings. The molecular weight excluding hydrogens is 344 g/mol. The maximum Gasteiger partial charge on any atom is 0.260 e. The third-order valence-corrected chi connectivity index (χ3v) is 4.86. The van der Waals surface area contributed by atoms with Crippen LogP contribution in [0.5, 0.6) is 11.5 Å². The quantitative estimate of drug-likeness (QED) is 0.778. The number of phenolic OH excluding ortho intramolecular Hbond substituents is 1. The first kappa shape index (κ1) is 19.2. The predicted molar refractivity (Wildman–Crippen MR) is 103 cm³/mol. The van der Waals surface area contributed by atoms with Crippen LogP contribution in [0.25, 0.3) is 0 Å². The normalized spacial score (nSPS) is 17.7. The van der Waals surface area contributed by atoms with Gasteiger partial charge in [-0.15, -0.1) is 0 Å². The van der Waals surface area contributed by atoms with Gasteiger partial charge in [-0.05, 0) is 24.1 Å². The summed E-state index contributed by atoms with van der Waals surface area (Å²) in [5.74, 6) is 0.220. The second-order valence-corrected chi connectivity index (χ2v) is 6.72. The zero-order valence-corrected chi connectivity index (χ0v) is 15.3. The van der Waals surface area contributed by atoms with E-state index in [1.807, 2.05) is 18.2 Å². The van der Waals surface area contributed by atoms with Crippen LogP contribution in [0.3, 0.4) is 0 Å². The van der Waals surface area contributed by atoms with E-state index in [9.17, 15) is 15.0 Å². The van der Waals surface area contributed by atoms with Gasteiger partial charge in [0.15, 0.2) is 18.1 Å². The number of amides is 1. The number of aromatic hydroxyl groups is 1. The Morgan fingerprint density at radius 2 is 1.81 bits per heavy atom. The summed E-state index contributed by atoms with van der Waals surface area (Å²) in [7, 11) is 0. The van der Waals surface area contributed by atoms with Gasteiger partial charge in [-0.1, -0.05) is 42.5 Å². The maximum atomic E-state index is 12.5. The minimum absolute atomic E-state index is 0.0242. The molecule has 6 heteroatoms. The fourth-order valence-corrected chi connectivity index (χ4v) is 3.38. The highest BCUT2D eigenvalue weighted by Gasteiger charge is 2.29. The van der Waals surface area contributed by atoms with Crippen molar-refractivity contribution in [3.8, 4) is 11.5 Å². The van der Waals surface area contributed by atoms with Crippen molar-refractivity contribution in [2.75, 3.05) is 32.8 Å². The van der Waals surface area contributed by atoms with E-state index >= 15 is 0 Å². The van der Waals surface area contributed by atoms with Crippen molar-refractivity contribution < 1.29 is 19.7 Å². The standard InChI is InChI=1S/C21H26N2O4/c24-13-10-18-15-23(12-11-22(18)14-17-6-2-1-3-7-17)21(26)16-27-20-9-5-4-8-19(20)25/h1-9,18,24-25H,10-16H2. The summed E-state index contributed by atoms with van der Waals surface area (Å²) < 4.78 is 5.47. The molecule has 1 atom stereocenters. The molecule has 1 heterocycles. The number of carbonyl (C=O) groups excluding carboxylic acids is 1. The Morgan fingerprint density at radius 3 is 2.56 bits per heavy atom. The van der Waals surface area contributed by atoms with Gasteiger partial charge in [-0.3, -0.25) is 9.69 Å². The van der Waals surface area contributed by atoms with E-state index < -0.39 is 0 Å². The zero-order valence-electron chi connectivity index (χ0n) is 15.3. The lowest BCUT2D eigenvalue weighted by molar-refractivity contribution is -0.136. The number of piperazine rings is 1. The monoisotopic (exact) mass is 370 g/mol. The smallest absolute Gasteiger partial charge is 0.260 e. The first-order valence-corrected chi connectivity index (χ1v) is 9.25. The number of ether oxygens (including phenoxy) is 1. The molecule has 1 unspecified atom stereocenters. The molecule has 3 rings (SSSR count). The summed E-state index contributed by atoms with van der Waals surface area (Å²) in [5, 5.41) is 19.2. The molecule has 27 heavy (non-hydrogen) atoms. The molecule has 0 saturated carbocycles. The van der Waals surface area contributed by atoms with Crippen LogP contribution in [-0.4, -0.2) is 64.8 Å². The lowest BCUT2D eigenvalue weighted by Gasteiger charge is -2.41. The number of rotatable bonds is 7. The van der Waals surface area contributed by atoms with Crippen molar-refractivity contribution >= 4 is 5.91 Å². The van der Waals surface area contributed by atoms with Crippen LogP contribution < -0.4 is 4.74 Å². The van der Waals surface area contributed by atoms with Crippen LogP contribution in [0.15, 0.2) is 54.6 Å². The molecule has 0 aliphatic carbocycles. The second-order valence-electron chi connectivity index (χ2n) is 6.72. The van der Waals surface area contributed by atoms with Crippen LogP contribution >= 0.6 is 0 Å². The fraction of sp³-hybridized carbons (Fsp3) is 0.381. The lowest BCUT2D eigenvalue weighted by atomic mass is 10.1. The van der Waals surface area contributed by atoms with Crippen molar-refractivity contribution in [3.05, 3.63) is 60.2 Å². The van der Waals surface area contributed by atoms with Crippen molar-refractivity contribution in [1.82, 2.24) is 9.80 Å². The van der Waals surface area contributed by atoms with Gasteiger partial charge in [0, 0.05) is 38.8 Å². The molecule has 2 aromatic carbocycles. The van der Waals surface area contributed by atoms with Crippen LogP contribution in [0.2, 0.25) is 0 Å². The Morgan fingerprint density at radius 1 is 1.07 bits per heavy atom.